The van der Waals surface area contributed by atoms with E-state index >= 15 is 0 Å². The molecule has 0 radical (unpaired) electrons. The van der Waals surface area contributed by atoms with Crippen molar-refractivity contribution in [3.05, 3.63) is 47.0 Å². The molecular weight excluding hydrogens is 318 g/mol. The molecule has 0 bridgehead atoms. The number of rotatable bonds is 1. The number of phenols is 3. The Morgan fingerprint density at radius 1 is 0.960 bits per heavy atom. The second-order valence-electron chi connectivity index (χ2n) is 6.11. The monoisotopic (exact) mass is 335 g/mol. The molecule has 0 unspecified atom stereocenters. The first-order valence-corrected chi connectivity index (χ1v) is 7.85. The fraction of sp³-hybridized carbons (Fsp3) is 0.150. The maximum atomic E-state index is 10.9. The van der Waals surface area contributed by atoms with E-state index in [0.29, 0.717) is 38.9 Å². The third kappa shape index (κ3) is 1.86. The van der Waals surface area contributed by atoms with E-state index in [4.69, 9.17) is 4.74 Å². The number of hydrogen-bond acceptors (Lipinski definition) is 5. The van der Waals surface area contributed by atoms with Crippen LogP contribution in [-0.4, -0.2) is 35.2 Å². The molecule has 3 aromatic carbocycles. The number of aryl methyl sites for hydroxylation is 1. The summed E-state index contributed by atoms with van der Waals surface area (Å²) in [5.41, 5.74) is 3.81. The van der Waals surface area contributed by atoms with E-state index in [1.165, 1.54) is 13.2 Å². The molecule has 0 aliphatic heterocycles. The van der Waals surface area contributed by atoms with Crippen molar-refractivity contribution in [2.45, 2.75) is 6.92 Å². The quantitative estimate of drug-likeness (QED) is 0.495. The first kappa shape index (κ1) is 15.3. The molecule has 5 nitrogen and oxygen atoms in total. The number of hydrogen-bond donors (Lipinski definition) is 3. The lowest BCUT2D eigenvalue weighted by molar-refractivity contribution is 0.418. The number of phenolic OH excluding ortho intramolecular Hbond substituents is 3. The summed E-state index contributed by atoms with van der Waals surface area (Å²) in [6.07, 6.45) is 0. The SMILES string of the molecule is CN=C1c2cc(C)cc(O)c2-c2c1c(O)c1c(O)cccc1c2OC. The lowest BCUT2D eigenvalue weighted by Gasteiger charge is -2.15. The van der Waals surface area contributed by atoms with Gasteiger partial charge >= 0.3 is 0 Å². The Hall–Kier alpha value is -3.21. The molecular formula is C20H17NO4. The van der Waals surface area contributed by atoms with Gasteiger partial charge < -0.3 is 20.1 Å². The van der Waals surface area contributed by atoms with E-state index in [1.54, 1.807) is 25.2 Å². The molecule has 126 valence electrons. The van der Waals surface area contributed by atoms with Crippen molar-refractivity contribution in [1.82, 2.24) is 0 Å². The van der Waals surface area contributed by atoms with E-state index in [9.17, 15) is 15.3 Å². The van der Waals surface area contributed by atoms with E-state index in [-0.39, 0.29) is 17.2 Å². The minimum Gasteiger partial charge on any atom is -0.507 e. The fourth-order valence-electron chi connectivity index (χ4n) is 3.73. The zero-order valence-electron chi connectivity index (χ0n) is 14.1. The number of ether oxygens (including phenoxy) is 1. The van der Waals surface area contributed by atoms with Crippen molar-refractivity contribution in [1.29, 1.82) is 0 Å². The van der Waals surface area contributed by atoms with Gasteiger partial charge in [-0.25, -0.2) is 0 Å². The summed E-state index contributed by atoms with van der Waals surface area (Å²) in [7, 11) is 3.16. The van der Waals surface area contributed by atoms with Crippen LogP contribution < -0.4 is 4.74 Å². The second-order valence-corrected chi connectivity index (χ2v) is 6.11. The smallest absolute Gasteiger partial charge is 0.137 e. The Balaban J connectivity index is 2.29. The molecule has 0 saturated carbocycles. The van der Waals surface area contributed by atoms with Gasteiger partial charge in [0.05, 0.1) is 23.8 Å². The average molecular weight is 335 g/mol. The van der Waals surface area contributed by atoms with Crippen LogP contribution in [0.5, 0.6) is 23.0 Å². The van der Waals surface area contributed by atoms with E-state index in [0.717, 1.165) is 11.1 Å². The van der Waals surface area contributed by atoms with Gasteiger partial charge in [0.2, 0.25) is 0 Å². The predicted octanol–water partition coefficient (Wildman–Crippen LogP) is 3.72. The molecule has 25 heavy (non-hydrogen) atoms. The van der Waals surface area contributed by atoms with Crippen LogP contribution in [0.15, 0.2) is 35.3 Å². The van der Waals surface area contributed by atoms with Crippen molar-refractivity contribution in [3.8, 4) is 34.1 Å². The summed E-state index contributed by atoms with van der Waals surface area (Å²) in [6.45, 7) is 1.88. The van der Waals surface area contributed by atoms with Crippen LogP contribution in [0.2, 0.25) is 0 Å². The van der Waals surface area contributed by atoms with Crippen LogP contribution in [0.25, 0.3) is 21.9 Å². The van der Waals surface area contributed by atoms with Gasteiger partial charge in [-0.05, 0) is 30.7 Å². The molecule has 0 fully saturated rings. The van der Waals surface area contributed by atoms with E-state index in [2.05, 4.69) is 4.99 Å². The predicted molar refractivity (Wildman–Crippen MR) is 97.2 cm³/mol. The molecule has 3 aromatic rings. The Morgan fingerprint density at radius 2 is 1.72 bits per heavy atom. The van der Waals surface area contributed by atoms with Crippen molar-refractivity contribution in [3.63, 3.8) is 0 Å². The molecule has 0 amide bonds. The molecule has 1 aliphatic rings. The maximum absolute atomic E-state index is 10.9. The van der Waals surface area contributed by atoms with Gasteiger partial charge in [0.15, 0.2) is 0 Å². The Bertz CT molecular complexity index is 1080. The first-order chi connectivity index (χ1) is 12.0. The molecule has 5 heteroatoms. The minimum atomic E-state index is -0.0715. The van der Waals surface area contributed by atoms with Gasteiger partial charge in [0, 0.05) is 29.1 Å². The van der Waals surface area contributed by atoms with E-state index < -0.39 is 0 Å². The third-order valence-electron chi connectivity index (χ3n) is 4.67. The highest BCUT2D eigenvalue weighted by atomic mass is 16.5. The van der Waals surface area contributed by atoms with Gasteiger partial charge in [-0.2, -0.15) is 0 Å². The molecule has 0 saturated heterocycles. The molecule has 3 N–H and O–H groups in total. The summed E-state index contributed by atoms with van der Waals surface area (Å²) in [5.74, 6) is 0.477. The highest BCUT2D eigenvalue weighted by Crippen LogP contribution is 2.55. The number of methoxy groups -OCH3 is 1. The Kier molecular flexibility index (Phi) is 3.15. The van der Waals surface area contributed by atoms with Gasteiger partial charge in [0.1, 0.15) is 23.0 Å². The highest BCUT2D eigenvalue weighted by molar-refractivity contribution is 6.30. The summed E-state index contributed by atoms with van der Waals surface area (Å²) >= 11 is 0. The van der Waals surface area contributed by atoms with E-state index in [1.807, 2.05) is 13.0 Å². The number of fused-ring (bicyclic) bond motifs is 4. The number of benzene rings is 3. The summed E-state index contributed by atoms with van der Waals surface area (Å²) in [4.78, 5) is 4.33. The molecule has 4 rings (SSSR count). The average Bonchev–Trinajstić information content (AvgIpc) is 2.90. The fourth-order valence-corrected chi connectivity index (χ4v) is 3.73. The standard InChI is InChI=1S/C20H17NO4/c1-9-7-11-14(13(23)8-9)16-17(18(11)21-2)19(24)15-10(20(16)25-3)5-4-6-12(15)22/h4-8,22-24H,1-3H3. The third-order valence-corrected chi connectivity index (χ3v) is 4.67. The summed E-state index contributed by atoms with van der Waals surface area (Å²) < 4.78 is 5.63. The molecule has 0 heterocycles. The zero-order valence-corrected chi connectivity index (χ0v) is 14.1. The molecule has 0 atom stereocenters. The molecule has 0 spiro atoms. The highest BCUT2D eigenvalue weighted by Gasteiger charge is 2.35. The van der Waals surface area contributed by atoms with Crippen LogP contribution in [0.4, 0.5) is 0 Å². The van der Waals surface area contributed by atoms with Gasteiger partial charge in [-0.1, -0.05) is 12.1 Å². The van der Waals surface area contributed by atoms with Crippen LogP contribution in [0.3, 0.4) is 0 Å². The first-order valence-electron chi connectivity index (χ1n) is 7.85. The zero-order chi connectivity index (χ0) is 17.9. The Morgan fingerprint density at radius 3 is 2.40 bits per heavy atom. The van der Waals surface area contributed by atoms with Gasteiger partial charge in [-0.3, -0.25) is 4.99 Å². The van der Waals surface area contributed by atoms with Crippen molar-refractivity contribution in [2.24, 2.45) is 4.99 Å². The van der Waals surface area contributed by atoms with Crippen LogP contribution in [-0.2, 0) is 0 Å². The second kappa shape index (κ2) is 5.14. The van der Waals surface area contributed by atoms with Crippen LogP contribution >= 0.6 is 0 Å². The normalized spacial score (nSPS) is 14.0. The van der Waals surface area contributed by atoms with Crippen LogP contribution in [0.1, 0.15) is 16.7 Å². The topological polar surface area (TPSA) is 82.3 Å². The maximum Gasteiger partial charge on any atom is 0.137 e. The minimum absolute atomic E-state index is 0.0390. The summed E-state index contributed by atoms with van der Waals surface area (Å²) in [6, 6.07) is 8.55. The molecule has 1 aliphatic carbocycles. The van der Waals surface area contributed by atoms with Crippen molar-refractivity contribution in [2.75, 3.05) is 14.2 Å². The lowest BCUT2D eigenvalue weighted by Crippen LogP contribution is -2.00. The van der Waals surface area contributed by atoms with Gasteiger partial charge in [-0.15, -0.1) is 0 Å². The number of aliphatic imine (C=N–C) groups is 1. The van der Waals surface area contributed by atoms with Crippen molar-refractivity contribution >= 4 is 16.5 Å². The Labute approximate surface area is 144 Å². The summed E-state index contributed by atoms with van der Waals surface area (Å²) in [5, 5.41) is 32.6. The van der Waals surface area contributed by atoms with Gasteiger partial charge in [0.25, 0.3) is 0 Å². The molecule has 0 aromatic heterocycles. The van der Waals surface area contributed by atoms with Crippen molar-refractivity contribution < 1.29 is 20.1 Å². The largest absolute Gasteiger partial charge is 0.507 e. The lowest BCUT2D eigenvalue weighted by atomic mass is 9.96. The van der Waals surface area contributed by atoms with Crippen LogP contribution in [0, 0.1) is 6.92 Å². The number of nitrogens with zero attached hydrogens (tertiary/aromatic N) is 1. The number of aromatic hydroxyl groups is 3.